The van der Waals surface area contributed by atoms with Crippen molar-refractivity contribution >= 4 is 19.8 Å². The molecule has 2 atom stereocenters. The Morgan fingerprint density at radius 2 is 0.947 bits per heavy atom. The smallest absolute Gasteiger partial charge is 0.462 e. The first-order valence-electron chi connectivity index (χ1n) is 23.2. The molecule has 2 unspecified atom stereocenters. The van der Waals surface area contributed by atoms with Crippen LogP contribution in [0.5, 0.6) is 0 Å². The molecule has 0 aromatic heterocycles. The molecule has 0 bridgehead atoms. The van der Waals surface area contributed by atoms with E-state index in [1.807, 2.05) is 21.1 Å². The Morgan fingerprint density at radius 3 is 1.44 bits per heavy atom. The van der Waals surface area contributed by atoms with Gasteiger partial charge in [0.25, 0.3) is 0 Å². The van der Waals surface area contributed by atoms with Gasteiger partial charge in [0, 0.05) is 12.8 Å². The molecule has 0 aliphatic rings. The van der Waals surface area contributed by atoms with Gasteiger partial charge in [0.05, 0.1) is 27.7 Å². The molecule has 0 rings (SSSR count). The molecule has 10 heteroatoms. The lowest BCUT2D eigenvalue weighted by atomic mass is 10.0. The number of ether oxygens (including phenoxy) is 2. The molecule has 0 fully saturated rings. The first kappa shape index (κ1) is 55.2. The lowest BCUT2D eigenvalue weighted by Crippen LogP contribution is -2.37. The fraction of sp³-hybridized carbons (Fsp3) is 0.830. The van der Waals surface area contributed by atoms with Crippen LogP contribution in [0, 0.1) is 0 Å². The number of carbonyl (C=O) groups excluding carboxylic acids is 2. The van der Waals surface area contributed by atoms with Gasteiger partial charge in [-0.25, -0.2) is 4.57 Å². The quantitative estimate of drug-likeness (QED) is 0.0213. The first-order chi connectivity index (χ1) is 27.5. The van der Waals surface area contributed by atoms with Crippen molar-refractivity contribution in [1.82, 2.24) is 0 Å². The Bertz CT molecular complexity index is 1070. The molecule has 334 valence electrons. The Kier molecular flexibility index (Phi) is 38.4. The van der Waals surface area contributed by atoms with E-state index < -0.39 is 26.5 Å². The zero-order valence-corrected chi connectivity index (χ0v) is 38.5. The summed E-state index contributed by atoms with van der Waals surface area (Å²) in [6.07, 6.45) is 44.7. The van der Waals surface area contributed by atoms with Crippen LogP contribution in [0.1, 0.15) is 200 Å². The van der Waals surface area contributed by atoms with Gasteiger partial charge in [0.2, 0.25) is 0 Å². The molecule has 0 aliphatic carbocycles. The van der Waals surface area contributed by atoms with Crippen LogP contribution in [0.3, 0.4) is 0 Å². The standard InChI is InChI=1S/C47H88NO8P/c1-6-8-10-12-14-16-18-20-22-23-24-25-26-28-30-32-34-36-38-40-47(50)56-45(44-55-57(51,52)54-42-41-48(3,4)5)43-53-46(49)39-37-35-33-31-29-27-21-19-17-15-13-11-9-7-2/h14,16,20,22,24-25,45H,6-13,15,17-19,21,23,26-44H2,1-5H3/p+1/b16-14-,22-20-,25-24-. The molecule has 0 saturated heterocycles. The van der Waals surface area contributed by atoms with E-state index in [1.165, 1.54) is 96.3 Å². The first-order valence-corrected chi connectivity index (χ1v) is 24.7. The number of likely N-dealkylation sites (N-methyl/N-ethyl adjacent to an activating group) is 1. The molecule has 0 aromatic rings. The second-order valence-corrected chi connectivity index (χ2v) is 18.2. The third kappa shape index (κ3) is 43.6. The second kappa shape index (κ2) is 39.7. The Balaban J connectivity index is 4.34. The number of unbranched alkanes of at least 4 members (excludes halogenated alkanes) is 22. The van der Waals surface area contributed by atoms with E-state index in [0.29, 0.717) is 17.4 Å². The van der Waals surface area contributed by atoms with E-state index in [0.717, 1.165) is 70.6 Å². The molecule has 0 amide bonds. The summed E-state index contributed by atoms with van der Waals surface area (Å²) in [5.74, 6) is -0.808. The third-order valence-corrected chi connectivity index (χ3v) is 10.9. The van der Waals surface area contributed by atoms with E-state index in [2.05, 4.69) is 50.3 Å². The number of hydrogen-bond donors (Lipinski definition) is 1. The molecule has 0 saturated carbocycles. The minimum atomic E-state index is -4.38. The van der Waals surface area contributed by atoms with Crippen molar-refractivity contribution in [3.8, 4) is 0 Å². The number of nitrogens with zero attached hydrogens (tertiary/aromatic N) is 1. The van der Waals surface area contributed by atoms with E-state index in [1.54, 1.807) is 0 Å². The van der Waals surface area contributed by atoms with Crippen molar-refractivity contribution in [3.63, 3.8) is 0 Å². The molecule has 9 nitrogen and oxygen atoms in total. The van der Waals surface area contributed by atoms with Crippen LogP contribution in [-0.2, 0) is 32.7 Å². The average molecular weight is 827 g/mol. The van der Waals surface area contributed by atoms with Crippen LogP contribution in [-0.4, -0.2) is 74.9 Å². The van der Waals surface area contributed by atoms with Crippen LogP contribution in [0.4, 0.5) is 0 Å². The summed E-state index contributed by atoms with van der Waals surface area (Å²) in [5.41, 5.74) is 0. The summed E-state index contributed by atoms with van der Waals surface area (Å²) in [6, 6.07) is 0. The number of rotatable bonds is 42. The molecule has 1 N–H and O–H groups in total. The second-order valence-electron chi connectivity index (χ2n) is 16.8. The summed E-state index contributed by atoms with van der Waals surface area (Å²) >= 11 is 0. The van der Waals surface area contributed by atoms with Gasteiger partial charge in [-0.2, -0.15) is 0 Å². The Labute approximate surface area is 351 Å². The lowest BCUT2D eigenvalue weighted by Gasteiger charge is -2.24. The minimum absolute atomic E-state index is 0.0295. The molecule has 0 radical (unpaired) electrons. The summed E-state index contributed by atoms with van der Waals surface area (Å²) < 4.78 is 34.3. The average Bonchev–Trinajstić information content (AvgIpc) is 3.16. The maximum absolute atomic E-state index is 12.7. The Morgan fingerprint density at radius 1 is 0.544 bits per heavy atom. The highest BCUT2D eigenvalue weighted by Gasteiger charge is 2.27. The van der Waals surface area contributed by atoms with Crippen molar-refractivity contribution in [2.24, 2.45) is 0 Å². The van der Waals surface area contributed by atoms with Crippen LogP contribution < -0.4 is 0 Å². The van der Waals surface area contributed by atoms with E-state index in [9.17, 15) is 19.0 Å². The molecular weight excluding hydrogens is 737 g/mol. The molecule has 0 aromatic carbocycles. The number of quaternary nitrogens is 1. The van der Waals surface area contributed by atoms with Crippen LogP contribution in [0.25, 0.3) is 0 Å². The SMILES string of the molecule is CCCCC/C=C\C/C=C\C/C=C\CCCCCCCCC(=O)OC(COC(=O)CCCCCCCCCCCCCCCC)COP(=O)(O)OCC[N+](C)(C)C. The van der Waals surface area contributed by atoms with Crippen LogP contribution in [0.15, 0.2) is 36.5 Å². The maximum Gasteiger partial charge on any atom is 0.472 e. The monoisotopic (exact) mass is 827 g/mol. The molecular formula is C47H89NO8P+. The van der Waals surface area contributed by atoms with Crippen LogP contribution >= 0.6 is 7.82 Å². The number of phosphoric acid groups is 1. The predicted molar refractivity (Wildman–Crippen MR) is 238 cm³/mol. The van der Waals surface area contributed by atoms with Crippen molar-refractivity contribution in [1.29, 1.82) is 0 Å². The van der Waals surface area contributed by atoms with E-state index in [4.69, 9.17) is 18.5 Å². The zero-order valence-electron chi connectivity index (χ0n) is 37.6. The highest BCUT2D eigenvalue weighted by atomic mass is 31.2. The zero-order chi connectivity index (χ0) is 42.1. The number of allylic oxidation sites excluding steroid dienone is 6. The largest absolute Gasteiger partial charge is 0.472 e. The summed E-state index contributed by atoms with van der Waals surface area (Å²) in [6.45, 7) is 4.39. The van der Waals surface area contributed by atoms with Crippen molar-refractivity contribution in [2.75, 3.05) is 47.5 Å². The lowest BCUT2D eigenvalue weighted by molar-refractivity contribution is -0.870. The number of carbonyl (C=O) groups is 2. The maximum atomic E-state index is 12.7. The topological polar surface area (TPSA) is 108 Å². The van der Waals surface area contributed by atoms with Gasteiger partial charge in [-0.1, -0.05) is 172 Å². The molecule has 0 aliphatic heterocycles. The fourth-order valence-electron chi connectivity index (χ4n) is 6.26. The van der Waals surface area contributed by atoms with Crippen molar-refractivity contribution in [3.05, 3.63) is 36.5 Å². The van der Waals surface area contributed by atoms with Gasteiger partial charge < -0.3 is 18.9 Å². The number of hydrogen-bond acceptors (Lipinski definition) is 7. The van der Waals surface area contributed by atoms with Gasteiger partial charge in [-0.15, -0.1) is 0 Å². The van der Waals surface area contributed by atoms with Gasteiger partial charge >= 0.3 is 19.8 Å². The number of esters is 2. The van der Waals surface area contributed by atoms with Crippen molar-refractivity contribution in [2.45, 2.75) is 206 Å². The molecule has 57 heavy (non-hydrogen) atoms. The molecule has 0 spiro atoms. The normalized spacial score (nSPS) is 13.9. The number of phosphoric ester groups is 1. The summed E-state index contributed by atoms with van der Waals surface area (Å²) in [5, 5.41) is 0. The Hall–Kier alpha value is -1.77. The van der Waals surface area contributed by atoms with Gasteiger partial charge in [0.1, 0.15) is 19.8 Å². The van der Waals surface area contributed by atoms with Gasteiger partial charge in [0.15, 0.2) is 6.10 Å². The highest BCUT2D eigenvalue weighted by molar-refractivity contribution is 7.47. The minimum Gasteiger partial charge on any atom is -0.462 e. The van der Waals surface area contributed by atoms with Crippen molar-refractivity contribution < 1.29 is 42.1 Å². The van der Waals surface area contributed by atoms with Gasteiger partial charge in [-0.3, -0.25) is 18.6 Å². The third-order valence-electron chi connectivity index (χ3n) is 9.92. The molecule has 0 heterocycles. The predicted octanol–water partition coefficient (Wildman–Crippen LogP) is 13.3. The van der Waals surface area contributed by atoms with Gasteiger partial charge in [-0.05, 0) is 51.4 Å². The highest BCUT2D eigenvalue weighted by Crippen LogP contribution is 2.43. The fourth-order valence-corrected chi connectivity index (χ4v) is 7.00. The van der Waals surface area contributed by atoms with E-state index >= 15 is 0 Å². The summed E-state index contributed by atoms with van der Waals surface area (Å²) in [4.78, 5) is 35.4. The van der Waals surface area contributed by atoms with E-state index in [-0.39, 0.29) is 32.0 Å². The van der Waals surface area contributed by atoms with Crippen LogP contribution in [0.2, 0.25) is 0 Å². The summed E-state index contributed by atoms with van der Waals surface area (Å²) in [7, 11) is 1.47.